The van der Waals surface area contributed by atoms with Crippen molar-refractivity contribution in [3.05, 3.63) is 46.7 Å². The summed E-state index contributed by atoms with van der Waals surface area (Å²) in [5, 5.41) is 5.47. The molecule has 2 aliphatic heterocycles. The van der Waals surface area contributed by atoms with Crippen molar-refractivity contribution in [1.29, 1.82) is 0 Å². The fraction of sp³-hybridized carbons (Fsp3) is 0.607. The number of imide groups is 1. The van der Waals surface area contributed by atoms with Gasteiger partial charge in [0.15, 0.2) is 11.6 Å². The number of hydrogen-bond donors (Lipinski definition) is 2. The number of nitrogens with zero attached hydrogens (tertiary/aromatic N) is 2. The first-order valence-corrected chi connectivity index (χ1v) is 13.5. The highest BCUT2D eigenvalue weighted by Crippen LogP contribution is 2.35. The molecule has 0 aliphatic carbocycles. The number of likely N-dealkylation sites (tertiary alicyclic amines) is 1. The molecule has 0 radical (unpaired) electrons. The van der Waals surface area contributed by atoms with Crippen LogP contribution in [0.5, 0.6) is 0 Å². The molecule has 4 amide bonds. The zero-order chi connectivity index (χ0) is 28.7. The second-order valence-electron chi connectivity index (χ2n) is 10.5. The molecule has 1 aromatic carbocycles. The van der Waals surface area contributed by atoms with E-state index in [1.54, 1.807) is 0 Å². The molecule has 11 heteroatoms. The standard InChI is InChI=1S/C28H40F2N4O5/c1-6-7-20(10-8-17(2)3)33-13-12-19(15-33)31-27(36)34-25(18-9-11-21(29)22(30)14-18)24(26(35)39-5)23(16-38-4)32-28(34)37/h9,11,14,17,19-20,25H,6-8,10,12-13,15-16H2,1-5H3,(H,31,36)(H,32,37). The van der Waals surface area contributed by atoms with Gasteiger partial charge >= 0.3 is 18.0 Å². The Labute approximate surface area is 228 Å². The van der Waals surface area contributed by atoms with Gasteiger partial charge in [-0.15, -0.1) is 0 Å². The van der Waals surface area contributed by atoms with Crippen molar-refractivity contribution in [2.24, 2.45) is 5.92 Å². The van der Waals surface area contributed by atoms with Crippen molar-refractivity contribution in [3.63, 3.8) is 0 Å². The van der Waals surface area contributed by atoms with Gasteiger partial charge in [-0.05, 0) is 49.3 Å². The molecule has 0 spiro atoms. The van der Waals surface area contributed by atoms with Crippen LogP contribution in [0.2, 0.25) is 0 Å². The van der Waals surface area contributed by atoms with Crippen molar-refractivity contribution >= 4 is 18.0 Å². The monoisotopic (exact) mass is 550 g/mol. The smallest absolute Gasteiger partial charge is 0.338 e. The van der Waals surface area contributed by atoms with E-state index in [9.17, 15) is 23.2 Å². The van der Waals surface area contributed by atoms with Gasteiger partial charge in [0.1, 0.15) is 6.04 Å². The highest BCUT2D eigenvalue weighted by atomic mass is 19.2. The maximum atomic E-state index is 14.3. The predicted octanol–water partition coefficient (Wildman–Crippen LogP) is 4.49. The van der Waals surface area contributed by atoms with Crippen LogP contribution in [0.25, 0.3) is 0 Å². The lowest BCUT2D eigenvalue weighted by atomic mass is 9.93. The van der Waals surface area contributed by atoms with E-state index in [0.717, 1.165) is 56.4 Å². The van der Waals surface area contributed by atoms with Crippen molar-refractivity contribution in [3.8, 4) is 0 Å². The Morgan fingerprint density at radius 2 is 1.90 bits per heavy atom. The molecular formula is C28H40F2N4O5. The maximum Gasteiger partial charge on any atom is 0.338 e. The molecule has 3 rings (SSSR count). The fourth-order valence-electron chi connectivity index (χ4n) is 5.33. The number of rotatable bonds is 11. The normalized spacial score (nSPS) is 20.8. The molecule has 0 bridgehead atoms. The van der Waals surface area contributed by atoms with E-state index in [-0.39, 0.29) is 29.5 Å². The first kappa shape index (κ1) is 30.5. The summed E-state index contributed by atoms with van der Waals surface area (Å²) in [7, 11) is 2.53. The largest absolute Gasteiger partial charge is 0.466 e. The molecule has 3 unspecified atom stereocenters. The van der Waals surface area contributed by atoms with Crippen LogP contribution in [0, 0.1) is 17.6 Å². The predicted molar refractivity (Wildman–Crippen MR) is 142 cm³/mol. The second-order valence-corrected chi connectivity index (χ2v) is 10.5. The first-order valence-electron chi connectivity index (χ1n) is 13.5. The summed E-state index contributed by atoms with van der Waals surface area (Å²) in [5.41, 5.74) is 0.00948. The van der Waals surface area contributed by atoms with Crippen LogP contribution in [0.4, 0.5) is 18.4 Å². The summed E-state index contributed by atoms with van der Waals surface area (Å²) in [6, 6.07) is 0.252. The number of esters is 1. The number of carbonyl (C=O) groups is 3. The molecular weight excluding hydrogens is 510 g/mol. The second kappa shape index (κ2) is 13.8. The maximum absolute atomic E-state index is 14.3. The lowest BCUT2D eigenvalue weighted by Gasteiger charge is -2.37. The molecule has 0 aromatic heterocycles. The first-order chi connectivity index (χ1) is 18.6. The Bertz CT molecular complexity index is 1080. The van der Waals surface area contributed by atoms with Gasteiger partial charge in [0.25, 0.3) is 0 Å². The molecule has 2 aliphatic rings. The van der Waals surface area contributed by atoms with Gasteiger partial charge in [-0.25, -0.2) is 28.1 Å². The van der Waals surface area contributed by atoms with Crippen LogP contribution in [0.1, 0.15) is 64.5 Å². The van der Waals surface area contributed by atoms with E-state index in [0.29, 0.717) is 24.9 Å². The third-order valence-electron chi connectivity index (χ3n) is 7.27. The summed E-state index contributed by atoms with van der Waals surface area (Å²) >= 11 is 0. The number of amides is 4. The number of methoxy groups -OCH3 is 2. The molecule has 2 heterocycles. The van der Waals surface area contributed by atoms with Crippen LogP contribution < -0.4 is 10.6 Å². The van der Waals surface area contributed by atoms with Crippen LogP contribution in [-0.2, 0) is 14.3 Å². The van der Waals surface area contributed by atoms with E-state index >= 15 is 0 Å². The van der Waals surface area contributed by atoms with E-state index in [2.05, 4.69) is 36.3 Å². The van der Waals surface area contributed by atoms with Crippen LogP contribution in [-0.4, -0.2) is 73.8 Å². The number of benzene rings is 1. The molecule has 1 saturated heterocycles. The van der Waals surface area contributed by atoms with Crippen LogP contribution >= 0.6 is 0 Å². The summed E-state index contributed by atoms with van der Waals surface area (Å²) in [5.74, 6) is -2.51. The van der Waals surface area contributed by atoms with E-state index in [1.165, 1.54) is 13.2 Å². The fourth-order valence-corrected chi connectivity index (χ4v) is 5.33. The number of ether oxygens (including phenoxy) is 2. The average Bonchev–Trinajstić information content (AvgIpc) is 3.35. The van der Waals surface area contributed by atoms with Gasteiger partial charge in [0.2, 0.25) is 0 Å². The third-order valence-corrected chi connectivity index (χ3v) is 7.27. The number of nitrogens with one attached hydrogen (secondary N) is 2. The van der Waals surface area contributed by atoms with Crippen LogP contribution in [0.15, 0.2) is 29.5 Å². The highest BCUT2D eigenvalue weighted by molar-refractivity contribution is 6.01. The number of halogens is 2. The Kier molecular flexibility index (Phi) is 10.8. The quantitative estimate of drug-likeness (QED) is 0.394. The van der Waals surface area contributed by atoms with Gasteiger partial charge < -0.3 is 20.1 Å². The van der Waals surface area contributed by atoms with Gasteiger partial charge in [0, 0.05) is 32.3 Å². The molecule has 9 nitrogen and oxygen atoms in total. The SMILES string of the molecule is CCCC(CCC(C)C)N1CCC(NC(=O)N2C(=O)NC(COC)=C(C(=O)OC)C2c2ccc(F)c(F)c2)C1. The van der Waals surface area contributed by atoms with Crippen molar-refractivity contribution in [2.75, 3.05) is 33.9 Å². The lowest BCUT2D eigenvalue weighted by Crippen LogP contribution is -2.56. The summed E-state index contributed by atoms with van der Waals surface area (Å²) in [6.45, 7) is 7.86. The zero-order valence-corrected chi connectivity index (χ0v) is 23.4. The Morgan fingerprint density at radius 3 is 2.51 bits per heavy atom. The Morgan fingerprint density at radius 1 is 1.15 bits per heavy atom. The number of hydrogen-bond acceptors (Lipinski definition) is 6. The van der Waals surface area contributed by atoms with E-state index in [1.807, 2.05) is 0 Å². The molecule has 1 fully saturated rings. The molecule has 39 heavy (non-hydrogen) atoms. The minimum absolute atomic E-state index is 0.0395. The van der Waals surface area contributed by atoms with Gasteiger partial charge in [0.05, 0.1) is 25.0 Å². The molecule has 0 saturated carbocycles. The van der Waals surface area contributed by atoms with Crippen molar-refractivity contribution in [2.45, 2.75) is 71.0 Å². The van der Waals surface area contributed by atoms with Crippen molar-refractivity contribution in [1.82, 2.24) is 20.4 Å². The minimum Gasteiger partial charge on any atom is -0.466 e. The lowest BCUT2D eigenvalue weighted by molar-refractivity contribution is -0.137. The van der Waals surface area contributed by atoms with Crippen molar-refractivity contribution < 1.29 is 32.6 Å². The molecule has 216 valence electrons. The van der Waals surface area contributed by atoms with Gasteiger partial charge in [-0.1, -0.05) is 33.3 Å². The Hall–Kier alpha value is -3.05. The zero-order valence-electron chi connectivity index (χ0n) is 23.4. The molecule has 1 aromatic rings. The molecule has 3 atom stereocenters. The minimum atomic E-state index is -1.36. The number of urea groups is 2. The molecule has 2 N–H and O–H groups in total. The number of carbonyl (C=O) groups excluding carboxylic acids is 3. The van der Waals surface area contributed by atoms with Gasteiger partial charge in [-0.3, -0.25) is 4.90 Å². The topological polar surface area (TPSA) is 100 Å². The average molecular weight is 551 g/mol. The highest BCUT2D eigenvalue weighted by Gasteiger charge is 2.44. The van der Waals surface area contributed by atoms with E-state index in [4.69, 9.17) is 9.47 Å². The summed E-state index contributed by atoms with van der Waals surface area (Å²) in [4.78, 5) is 42.9. The van der Waals surface area contributed by atoms with Crippen LogP contribution in [0.3, 0.4) is 0 Å². The summed E-state index contributed by atoms with van der Waals surface area (Å²) in [6.07, 6.45) is 5.03. The van der Waals surface area contributed by atoms with E-state index < -0.39 is 35.7 Å². The summed E-state index contributed by atoms with van der Waals surface area (Å²) < 4.78 is 38.1. The van der Waals surface area contributed by atoms with Gasteiger partial charge in [-0.2, -0.15) is 0 Å². The third kappa shape index (κ3) is 7.33. The Balaban J connectivity index is 1.89.